The Morgan fingerprint density at radius 3 is 1.62 bits per heavy atom. The van der Waals surface area contributed by atoms with Crippen molar-refractivity contribution in [3.05, 3.63) is 0 Å². The van der Waals surface area contributed by atoms with E-state index in [4.69, 9.17) is 20.2 Å². The standard InChI is InChI=1S/C10H14N4O2/c1-9(13-15-7-3-5-11)10(2)14-16-8-4-6-12/h3-4,7-8H2,1-2H3/b13-9-,14-10+. The summed E-state index contributed by atoms with van der Waals surface area (Å²) in [5, 5.41) is 24.0. The van der Waals surface area contributed by atoms with E-state index < -0.39 is 0 Å². The van der Waals surface area contributed by atoms with Gasteiger partial charge >= 0.3 is 0 Å². The van der Waals surface area contributed by atoms with Crippen LogP contribution in [0.5, 0.6) is 0 Å². The van der Waals surface area contributed by atoms with E-state index in [2.05, 4.69) is 10.3 Å². The van der Waals surface area contributed by atoms with E-state index >= 15 is 0 Å². The molecule has 0 saturated heterocycles. The fraction of sp³-hybridized carbons (Fsp3) is 0.600. The molecule has 0 atom stereocenters. The molecule has 0 aliphatic carbocycles. The summed E-state index contributed by atoms with van der Waals surface area (Å²) in [4.78, 5) is 9.72. The molecule has 86 valence electrons. The maximum absolute atomic E-state index is 8.26. The van der Waals surface area contributed by atoms with Crippen molar-refractivity contribution in [3.8, 4) is 12.1 Å². The quantitative estimate of drug-likeness (QED) is 0.371. The van der Waals surface area contributed by atoms with Crippen molar-refractivity contribution in [2.45, 2.75) is 26.7 Å². The summed E-state index contributed by atoms with van der Waals surface area (Å²) >= 11 is 0. The largest absolute Gasteiger partial charge is 0.394 e. The van der Waals surface area contributed by atoms with Crippen LogP contribution in [0.4, 0.5) is 0 Å². The first-order valence-corrected chi connectivity index (χ1v) is 4.79. The lowest BCUT2D eigenvalue weighted by Crippen LogP contribution is -2.07. The molecule has 0 aromatic rings. The second-order valence-electron chi connectivity index (χ2n) is 2.84. The van der Waals surface area contributed by atoms with E-state index in [1.54, 1.807) is 13.8 Å². The molecule has 0 unspecified atom stereocenters. The molecule has 0 N–H and O–H groups in total. The SMILES string of the molecule is CC(=N/OCCC#N)/C(C)=N/OCCC#N. The molecule has 0 amide bonds. The fourth-order valence-corrected chi connectivity index (χ4v) is 0.600. The van der Waals surface area contributed by atoms with Crippen LogP contribution in [0.2, 0.25) is 0 Å². The molecule has 0 spiro atoms. The van der Waals surface area contributed by atoms with Crippen LogP contribution in [0.1, 0.15) is 26.7 Å². The second kappa shape index (κ2) is 9.47. The van der Waals surface area contributed by atoms with Crippen LogP contribution in [0, 0.1) is 22.7 Å². The van der Waals surface area contributed by atoms with Gasteiger partial charge in [-0.3, -0.25) is 0 Å². The molecule has 0 aliphatic heterocycles. The van der Waals surface area contributed by atoms with E-state index in [1.165, 1.54) is 0 Å². The van der Waals surface area contributed by atoms with Gasteiger partial charge in [0.05, 0.1) is 25.0 Å². The molecule has 0 saturated carbocycles. The summed E-state index contributed by atoms with van der Waals surface area (Å²) in [5.41, 5.74) is 1.16. The molecular formula is C10H14N4O2. The Bertz CT molecular complexity index is 302. The van der Waals surface area contributed by atoms with Gasteiger partial charge in [-0.05, 0) is 13.8 Å². The Morgan fingerprint density at radius 2 is 1.31 bits per heavy atom. The Labute approximate surface area is 94.7 Å². The maximum Gasteiger partial charge on any atom is 0.130 e. The topological polar surface area (TPSA) is 90.8 Å². The van der Waals surface area contributed by atoms with E-state index in [1.807, 2.05) is 12.1 Å². The Hall–Kier alpha value is -2.08. The lowest BCUT2D eigenvalue weighted by Gasteiger charge is -2.00. The van der Waals surface area contributed by atoms with Gasteiger partial charge in [0.15, 0.2) is 0 Å². The van der Waals surface area contributed by atoms with Gasteiger partial charge in [0.1, 0.15) is 24.6 Å². The summed E-state index contributed by atoms with van der Waals surface area (Å²) < 4.78 is 0. The van der Waals surface area contributed by atoms with Crippen molar-refractivity contribution in [2.24, 2.45) is 10.3 Å². The predicted octanol–water partition coefficient (Wildman–Crippen LogP) is 1.60. The van der Waals surface area contributed by atoms with E-state index in [9.17, 15) is 0 Å². The van der Waals surface area contributed by atoms with Gasteiger partial charge in [-0.1, -0.05) is 10.3 Å². The third-order valence-corrected chi connectivity index (χ3v) is 1.54. The summed E-state index contributed by atoms with van der Waals surface area (Å²) in [5.74, 6) is 0. The fourth-order valence-electron chi connectivity index (χ4n) is 0.600. The van der Waals surface area contributed by atoms with Crippen LogP contribution in [0.3, 0.4) is 0 Å². The Morgan fingerprint density at radius 1 is 0.938 bits per heavy atom. The zero-order valence-electron chi connectivity index (χ0n) is 9.43. The molecule has 6 nitrogen and oxygen atoms in total. The minimum Gasteiger partial charge on any atom is -0.394 e. The average Bonchev–Trinajstić information content (AvgIpc) is 2.29. The van der Waals surface area contributed by atoms with Crippen molar-refractivity contribution in [2.75, 3.05) is 13.2 Å². The third kappa shape index (κ3) is 7.34. The molecule has 0 aliphatic rings. The van der Waals surface area contributed by atoms with Crippen molar-refractivity contribution >= 4 is 11.4 Å². The molecule has 0 rings (SSSR count). The van der Waals surface area contributed by atoms with E-state index in [0.717, 1.165) is 0 Å². The van der Waals surface area contributed by atoms with Crippen molar-refractivity contribution in [1.82, 2.24) is 0 Å². The lowest BCUT2D eigenvalue weighted by molar-refractivity contribution is 0.147. The second-order valence-corrected chi connectivity index (χ2v) is 2.84. The van der Waals surface area contributed by atoms with Crippen LogP contribution < -0.4 is 0 Å². The predicted molar refractivity (Wildman–Crippen MR) is 58.6 cm³/mol. The number of hydrogen-bond acceptors (Lipinski definition) is 6. The minimum absolute atomic E-state index is 0.260. The van der Waals surface area contributed by atoms with Gasteiger partial charge in [0, 0.05) is 0 Å². The van der Waals surface area contributed by atoms with E-state index in [0.29, 0.717) is 24.3 Å². The van der Waals surface area contributed by atoms with Crippen LogP contribution >= 0.6 is 0 Å². The maximum atomic E-state index is 8.26. The third-order valence-electron chi connectivity index (χ3n) is 1.54. The molecule has 0 aromatic heterocycles. The van der Waals surface area contributed by atoms with Gasteiger partial charge in [-0.15, -0.1) is 0 Å². The number of nitriles is 2. The monoisotopic (exact) mass is 222 g/mol. The molecule has 0 fully saturated rings. The van der Waals surface area contributed by atoms with Crippen LogP contribution in [-0.2, 0) is 9.68 Å². The summed E-state index contributed by atoms with van der Waals surface area (Å²) in [7, 11) is 0. The smallest absolute Gasteiger partial charge is 0.130 e. The summed E-state index contributed by atoms with van der Waals surface area (Å²) in [6, 6.07) is 3.88. The Balaban J connectivity index is 3.92. The molecule has 0 radical (unpaired) electrons. The molecule has 16 heavy (non-hydrogen) atoms. The average molecular weight is 222 g/mol. The van der Waals surface area contributed by atoms with Gasteiger partial charge in [-0.2, -0.15) is 10.5 Å². The first-order chi connectivity index (χ1) is 7.72. The zero-order valence-corrected chi connectivity index (χ0v) is 9.43. The minimum atomic E-state index is 0.260. The highest BCUT2D eigenvalue weighted by Gasteiger charge is 1.98. The normalized spacial score (nSPS) is 11.5. The molecule has 0 aromatic carbocycles. The first kappa shape index (κ1) is 13.9. The zero-order chi connectivity index (χ0) is 12.2. The van der Waals surface area contributed by atoms with Crippen LogP contribution in [-0.4, -0.2) is 24.6 Å². The number of rotatable bonds is 7. The van der Waals surface area contributed by atoms with Gasteiger partial charge in [0.2, 0.25) is 0 Å². The van der Waals surface area contributed by atoms with Crippen LogP contribution in [0.25, 0.3) is 0 Å². The van der Waals surface area contributed by atoms with Gasteiger partial charge in [0.25, 0.3) is 0 Å². The number of hydrogen-bond donors (Lipinski definition) is 0. The van der Waals surface area contributed by atoms with Gasteiger partial charge < -0.3 is 9.68 Å². The highest BCUT2D eigenvalue weighted by Crippen LogP contribution is 1.90. The molecule has 0 bridgehead atoms. The summed E-state index contributed by atoms with van der Waals surface area (Å²) in [6.07, 6.45) is 0.595. The first-order valence-electron chi connectivity index (χ1n) is 4.79. The Kier molecular flexibility index (Phi) is 8.24. The highest BCUT2D eigenvalue weighted by molar-refractivity contribution is 6.40. The number of nitrogens with zero attached hydrogens (tertiary/aromatic N) is 4. The molecule has 0 heterocycles. The van der Waals surface area contributed by atoms with Crippen molar-refractivity contribution < 1.29 is 9.68 Å². The molecule has 6 heteroatoms. The van der Waals surface area contributed by atoms with Crippen LogP contribution in [0.15, 0.2) is 10.3 Å². The van der Waals surface area contributed by atoms with Gasteiger partial charge in [-0.25, -0.2) is 0 Å². The van der Waals surface area contributed by atoms with Crippen molar-refractivity contribution in [1.29, 1.82) is 10.5 Å². The lowest BCUT2D eigenvalue weighted by atomic mass is 10.3. The number of oxime groups is 2. The van der Waals surface area contributed by atoms with E-state index in [-0.39, 0.29) is 13.2 Å². The van der Waals surface area contributed by atoms with Crippen molar-refractivity contribution in [3.63, 3.8) is 0 Å². The highest BCUT2D eigenvalue weighted by atomic mass is 16.6. The summed E-state index contributed by atoms with van der Waals surface area (Å²) in [6.45, 7) is 3.96. The molecular weight excluding hydrogens is 208 g/mol.